The molecule has 1 unspecified atom stereocenters. The second-order valence-electron chi connectivity index (χ2n) is 6.87. The highest BCUT2D eigenvalue weighted by Crippen LogP contribution is 2.15. The summed E-state index contributed by atoms with van der Waals surface area (Å²) in [5, 5.41) is 10.2. The number of carbonyl (C=O) groups is 2. The van der Waals surface area contributed by atoms with Crippen molar-refractivity contribution < 1.29 is 28.9 Å². The topological polar surface area (TPSA) is 85.3 Å². The minimum Gasteiger partial charge on any atom is -0.459 e. The van der Waals surface area contributed by atoms with Gasteiger partial charge in [0.05, 0.1) is 13.2 Å². The normalized spacial score (nSPS) is 19.2. The Bertz CT molecular complexity index is 583. The first-order chi connectivity index (χ1) is 11.8. The molecule has 138 valence electrons. The van der Waals surface area contributed by atoms with Gasteiger partial charge in [0, 0.05) is 6.54 Å². The molecular formula is C18H25NO6. The molecule has 7 nitrogen and oxygen atoms in total. The van der Waals surface area contributed by atoms with Crippen molar-refractivity contribution in [2.75, 3.05) is 19.7 Å². The van der Waals surface area contributed by atoms with E-state index in [1.54, 1.807) is 20.8 Å². The number of hydrogen-bond donors (Lipinski definition) is 1. The number of amides is 1. The van der Waals surface area contributed by atoms with E-state index in [0.29, 0.717) is 6.54 Å². The van der Waals surface area contributed by atoms with Crippen molar-refractivity contribution in [2.24, 2.45) is 0 Å². The highest BCUT2D eigenvalue weighted by molar-refractivity contribution is 5.75. The number of aliphatic hydroxyl groups is 1. The lowest BCUT2D eigenvalue weighted by atomic mass is 10.1. The molecule has 1 aliphatic heterocycles. The molecule has 0 spiro atoms. The molecule has 1 fully saturated rings. The van der Waals surface area contributed by atoms with Crippen LogP contribution in [0.25, 0.3) is 0 Å². The molecule has 0 aromatic heterocycles. The Morgan fingerprint density at radius 3 is 2.64 bits per heavy atom. The quantitative estimate of drug-likeness (QED) is 0.832. The van der Waals surface area contributed by atoms with Crippen molar-refractivity contribution in [3.8, 4) is 0 Å². The van der Waals surface area contributed by atoms with Crippen LogP contribution in [0.2, 0.25) is 0 Å². The summed E-state index contributed by atoms with van der Waals surface area (Å²) in [4.78, 5) is 25.6. The third kappa shape index (κ3) is 6.03. The number of aliphatic hydroxyl groups excluding tert-OH is 1. The van der Waals surface area contributed by atoms with Gasteiger partial charge < -0.3 is 24.2 Å². The number of benzene rings is 1. The average Bonchev–Trinajstić information content (AvgIpc) is 2.58. The summed E-state index contributed by atoms with van der Waals surface area (Å²) in [5.74, 6) is -0.778. The SMILES string of the molecule is CC(C)(C)OC(=O)N1CCO[C@@H](C(O)C(=O)OCc2ccccc2)C1. The van der Waals surface area contributed by atoms with Gasteiger partial charge in [0.25, 0.3) is 0 Å². The smallest absolute Gasteiger partial charge is 0.410 e. The van der Waals surface area contributed by atoms with Gasteiger partial charge in [-0.15, -0.1) is 0 Å². The zero-order valence-corrected chi connectivity index (χ0v) is 14.8. The number of nitrogens with zero attached hydrogens (tertiary/aromatic N) is 1. The molecule has 1 saturated heterocycles. The van der Waals surface area contributed by atoms with Crippen LogP contribution < -0.4 is 0 Å². The van der Waals surface area contributed by atoms with E-state index in [-0.39, 0.29) is 19.8 Å². The highest BCUT2D eigenvalue weighted by atomic mass is 16.6. The Labute approximate surface area is 147 Å². The standard InChI is InChI=1S/C18H25NO6/c1-18(2,3)25-17(22)19-9-10-23-14(11-19)15(20)16(21)24-12-13-7-5-4-6-8-13/h4-8,14-15,20H,9-12H2,1-3H3/t14-,15?/m1/s1. The maximum atomic E-state index is 12.1. The van der Waals surface area contributed by atoms with Crippen molar-refractivity contribution in [2.45, 2.75) is 45.2 Å². The molecule has 1 heterocycles. The van der Waals surface area contributed by atoms with Crippen LogP contribution in [0.15, 0.2) is 30.3 Å². The fourth-order valence-electron chi connectivity index (χ4n) is 2.32. The van der Waals surface area contributed by atoms with Crippen LogP contribution in [0, 0.1) is 0 Å². The molecule has 1 aromatic carbocycles. The van der Waals surface area contributed by atoms with E-state index >= 15 is 0 Å². The van der Waals surface area contributed by atoms with E-state index in [0.717, 1.165) is 5.56 Å². The first kappa shape index (κ1) is 19.2. The Morgan fingerprint density at radius 2 is 2.00 bits per heavy atom. The van der Waals surface area contributed by atoms with E-state index < -0.39 is 29.9 Å². The molecule has 0 bridgehead atoms. The van der Waals surface area contributed by atoms with Gasteiger partial charge in [0.15, 0.2) is 6.10 Å². The second kappa shape index (κ2) is 8.31. The summed E-state index contributed by atoms with van der Waals surface area (Å²) in [6.07, 6.45) is -2.80. The number of esters is 1. The summed E-state index contributed by atoms with van der Waals surface area (Å²) in [5.41, 5.74) is 0.209. The fourth-order valence-corrected chi connectivity index (χ4v) is 2.32. The summed E-state index contributed by atoms with van der Waals surface area (Å²) in [6, 6.07) is 9.18. The predicted octanol–water partition coefficient (Wildman–Crippen LogP) is 1.73. The number of carbonyl (C=O) groups excluding carboxylic acids is 2. The lowest BCUT2D eigenvalue weighted by molar-refractivity contribution is -0.168. The third-order valence-corrected chi connectivity index (χ3v) is 3.56. The van der Waals surface area contributed by atoms with E-state index in [9.17, 15) is 14.7 Å². The minimum atomic E-state index is -1.46. The van der Waals surface area contributed by atoms with Crippen molar-refractivity contribution in [1.29, 1.82) is 0 Å². The van der Waals surface area contributed by atoms with Crippen LogP contribution in [0.5, 0.6) is 0 Å². The summed E-state index contributed by atoms with van der Waals surface area (Å²) in [7, 11) is 0. The Hall–Kier alpha value is -2.12. The van der Waals surface area contributed by atoms with Crippen molar-refractivity contribution in [3.63, 3.8) is 0 Å². The molecule has 2 rings (SSSR count). The largest absolute Gasteiger partial charge is 0.459 e. The first-order valence-electron chi connectivity index (χ1n) is 8.24. The summed E-state index contributed by atoms with van der Waals surface area (Å²) in [6.45, 7) is 6.02. The monoisotopic (exact) mass is 351 g/mol. The Morgan fingerprint density at radius 1 is 1.32 bits per heavy atom. The van der Waals surface area contributed by atoms with Crippen LogP contribution in [-0.2, 0) is 25.6 Å². The van der Waals surface area contributed by atoms with Gasteiger partial charge in [-0.25, -0.2) is 9.59 Å². The molecule has 1 amide bonds. The fraction of sp³-hybridized carbons (Fsp3) is 0.556. The van der Waals surface area contributed by atoms with E-state index in [1.807, 2.05) is 30.3 Å². The van der Waals surface area contributed by atoms with Gasteiger partial charge >= 0.3 is 12.1 Å². The zero-order chi connectivity index (χ0) is 18.4. The molecule has 7 heteroatoms. The van der Waals surface area contributed by atoms with Crippen molar-refractivity contribution in [1.82, 2.24) is 4.90 Å². The average molecular weight is 351 g/mol. The van der Waals surface area contributed by atoms with Crippen molar-refractivity contribution in [3.05, 3.63) is 35.9 Å². The number of morpholine rings is 1. The third-order valence-electron chi connectivity index (χ3n) is 3.56. The number of rotatable bonds is 4. The van der Waals surface area contributed by atoms with Crippen LogP contribution in [0.4, 0.5) is 4.79 Å². The summed E-state index contributed by atoms with van der Waals surface area (Å²) < 4.78 is 15.8. The van der Waals surface area contributed by atoms with Crippen LogP contribution >= 0.6 is 0 Å². The van der Waals surface area contributed by atoms with Crippen LogP contribution in [-0.4, -0.2) is 59.6 Å². The lowest BCUT2D eigenvalue weighted by Gasteiger charge is -2.35. The van der Waals surface area contributed by atoms with Crippen molar-refractivity contribution >= 4 is 12.1 Å². The molecule has 1 aromatic rings. The van der Waals surface area contributed by atoms with Gasteiger partial charge in [0.1, 0.15) is 18.3 Å². The number of ether oxygens (including phenoxy) is 3. The van der Waals surface area contributed by atoms with Gasteiger partial charge in [-0.2, -0.15) is 0 Å². The number of hydrogen-bond acceptors (Lipinski definition) is 6. The van der Waals surface area contributed by atoms with Crippen LogP contribution in [0.1, 0.15) is 26.3 Å². The van der Waals surface area contributed by atoms with Gasteiger partial charge in [-0.3, -0.25) is 0 Å². The minimum absolute atomic E-state index is 0.0660. The van der Waals surface area contributed by atoms with E-state index in [1.165, 1.54) is 4.90 Å². The molecule has 1 aliphatic rings. The molecule has 25 heavy (non-hydrogen) atoms. The summed E-state index contributed by atoms with van der Waals surface area (Å²) >= 11 is 0. The van der Waals surface area contributed by atoms with Gasteiger partial charge in [-0.05, 0) is 26.3 Å². The molecule has 2 atom stereocenters. The second-order valence-corrected chi connectivity index (χ2v) is 6.87. The molecule has 0 aliphatic carbocycles. The molecule has 1 N–H and O–H groups in total. The first-order valence-corrected chi connectivity index (χ1v) is 8.24. The highest BCUT2D eigenvalue weighted by Gasteiger charge is 2.35. The van der Waals surface area contributed by atoms with Gasteiger partial charge in [-0.1, -0.05) is 30.3 Å². The molecular weight excluding hydrogens is 326 g/mol. The molecule has 0 radical (unpaired) electrons. The Balaban J connectivity index is 1.86. The van der Waals surface area contributed by atoms with E-state index in [4.69, 9.17) is 14.2 Å². The zero-order valence-electron chi connectivity index (χ0n) is 14.8. The Kier molecular flexibility index (Phi) is 6.39. The molecule has 0 saturated carbocycles. The maximum Gasteiger partial charge on any atom is 0.410 e. The van der Waals surface area contributed by atoms with E-state index in [2.05, 4.69) is 0 Å². The lowest BCUT2D eigenvalue weighted by Crippen LogP contribution is -2.53. The van der Waals surface area contributed by atoms with Gasteiger partial charge in [0.2, 0.25) is 0 Å². The predicted molar refractivity (Wildman–Crippen MR) is 89.8 cm³/mol. The maximum absolute atomic E-state index is 12.1. The van der Waals surface area contributed by atoms with Crippen LogP contribution in [0.3, 0.4) is 0 Å².